The quantitative estimate of drug-likeness (QED) is 0.178. The zero-order valence-electron chi connectivity index (χ0n) is 21.0. The summed E-state index contributed by atoms with van der Waals surface area (Å²) in [6.07, 6.45) is 0. The molecule has 2 nitrogen and oxygen atoms in total. The van der Waals surface area contributed by atoms with Crippen LogP contribution in [0.3, 0.4) is 0 Å². The van der Waals surface area contributed by atoms with Crippen molar-refractivity contribution in [1.82, 2.24) is 9.97 Å². The fourth-order valence-electron chi connectivity index (χ4n) is 4.92. The molecule has 6 aromatic rings. The Hall–Kier alpha value is -3.61. The molecule has 4 aromatic carbocycles. The Morgan fingerprint density at radius 2 is 1.08 bits per heavy atom. The molecule has 0 aliphatic carbocycles. The van der Waals surface area contributed by atoms with E-state index in [0.717, 1.165) is 50.1 Å². The molecule has 0 N–H and O–H groups in total. The second-order valence-electron chi connectivity index (χ2n) is 10.1. The van der Waals surface area contributed by atoms with Crippen LogP contribution < -0.4 is 0 Å². The van der Waals surface area contributed by atoms with E-state index in [-0.39, 0.29) is 26.5 Å². The third-order valence-corrected chi connectivity index (χ3v) is 6.65. The first-order valence-corrected chi connectivity index (χ1v) is 12.3. The van der Waals surface area contributed by atoms with Crippen molar-refractivity contribution in [2.75, 3.05) is 0 Å². The zero-order valence-corrected chi connectivity index (χ0v) is 23.3. The van der Waals surface area contributed by atoms with Crippen molar-refractivity contribution in [3.8, 4) is 33.9 Å². The van der Waals surface area contributed by atoms with E-state index in [9.17, 15) is 0 Å². The van der Waals surface area contributed by atoms with Gasteiger partial charge in [0.15, 0.2) is 0 Å². The Kier molecular flexibility index (Phi) is 6.80. The van der Waals surface area contributed by atoms with Gasteiger partial charge < -0.3 is 0 Å². The second-order valence-corrected chi connectivity index (χ2v) is 10.1. The largest absolute Gasteiger partial charge is 2.00 e. The molecule has 0 saturated heterocycles. The molecule has 2 heterocycles. The molecule has 0 aliphatic heterocycles. The van der Waals surface area contributed by atoms with Gasteiger partial charge in [-0.2, -0.15) is 0 Å². The van der Waals surface area contributed by atoms with Crippen LogP contribution in [0.25, 0.3) is 55.4 Å². The molecular formula is C34H26N2Pt. The number of aromatic nitrogens is 2. The molecule has 0 amide bonds. The smallest absolute Gasteiger partial charge is 0.256 e. The summed E-state index contributed by atoms with van der Waals surface area (Å²) in [7, 11) is 0. The van der Waals surface area contributed by atoms with E-state index in [4.69, 9.17) is 9.97 Å². The van der Waals surface area contributed by atoms with Gasteiger partial charge in [-0.25, -0.2) is 0 Å². The maximum Gasteiger partial charge on any atom is 2.00 e. The van der Waals surface area contributed by atoms with Gasteiger partial charge in [-0.3, -0.25) is 9.97 Å². The van der Waals surface area contributed by atoms with Crippen LogP contribution in [0.4, 0.5) is 0 Å². The maximum absolute atomic E-state index is 5.06. The van der Waals surface area contributed by atoms with E-state index in [2.05, 4.69) is 106 Å². The minimum atomic E-state index is 0. The van der Waals surface area contributed by atoms with Crippen LogP contribution in [0, 0.1) is 12.1 Å². The van der Waals surface area contributed by atoms with Gasteiger partial charge in [0.25, 0.3) is 0 Å². The van der Waals surface area contributed by atoms with E-state index < -0.39 is 0 Å². The summed E-state index contributed by atoms with van der Waals surface area (Å²) in [5.74, 6) is 0. The third kappa shape index (κ3) is 4.75. The van der Waals surface area contributed by atoms with Crippen molar-refractivity contribution in [2.45, 2.75) is 26.2 Å². The van der Waals surface area contributed by atoms with Gasteiger partial charge in [-0.15, -0.1) is 69.6 Å². The summed E-state index contributed by atoms with van der Waals surface area (Å²) >= 11 is 0. The molecule has 0 atom stereocenters. The van der Waals surface area contributed by atoms with E-state index in [1.807, 2.05) is 30.3 Å². The first kappa shape index (κ1) is 25.1. The predicted molar refractivity (Wildman–Crippen MR) is 150 cm³/mol. The minimum Gasteiger partial charge on any atom is -0.256 e. The van der Waals surface area contributed by atoms with E-state index >= 15 is 0 Å². The molecule has 0 spiro atoms. The number of benzene rings is 4. The van der Waals surface area contributed by atoms with Crippen LogP contribution in [0.15, 0.2) is 103 Å². The summed E-state index contributed by atoms with van der Waals surface area (Å²) in [5, 5.41) is 4.56. The Bertz CT molecular complexity index is 1730. The van der Waals surface area contributed by atoms with Crippen molar-refractivity contribution >= 4 is 21.5 Å². The minimum absolute atomic E-state index is 0. The van der Waals surface area contributed by atoms with E-state index in [1.54, 1.807) is 0 Å². The fraction of sp³-hybridized carbons (Fsp3) is 0.118. The zero-order chi connectivity index (χ0) is 24.7. The monoisotopic (exact) mass is 657 g/mol. The number of fused-ring (bicyclic) bond motifs is 2. The first-order valence-electron chi connectivity index (χ1n) is 12.3. The predicted octanol–water partition coefficient (Wildman–Crippen LogP) is 8.68. The average molecular weight is 658 g/mol. The second kappa shape index (κ2) is 10.0. The van der Waals surface area contributed by atoms with Crippen LogP contribution in [0.5, 0.6) is 0 Å². The normalized spacial score (nSPS) is 11.4. The van der Waals surface area contributed by atoms with Crippen LogP contribution in [0.2, 0.25) is 0 Å². The molecule has 182 valence electrons. The summed E-state index contributed by atoms with van der Waals surface area (Å²) in [6.45, 7) is 6.75. The van der Waals surface area contributed by atoms with Crippen LogP contribution >= 0.6 is 0 Å². The van der Waals surface area contributed by atoms with Crippen molar-refractivity contribution in [1.29, 1.82) is 0 Å². The summed E-state index contributed by atoms with van der Waals surface area (Å²) in [5.41, 5.74) is 7.06. The molecule has 3 heteroatoms. The molecule has 0 bridgehead atoms. The van der Waals surface area contributed by atoms with Crippen LogP contribution in [-0.4, -0.2) is 9.97 Å². The molecule has 6 rings (SSSR count). The Morgan fingerprint density at radius 3 is 1.76 bits per heavy atom. The number of hydrogen-bond acceptors (Lipinski definition) is 2. The van der Waals surface area contributed by atoms with Gasteiger partial charge in [-0.05, 0) is 29.7 Å². The molecule has 2 aromatic heterocycles. The molecule has 37 heavy (non-hydrogen) atoms. The molecular weight excluding hydrogens is 631 g/mol. The number of hydrogen-bond donors (Lipinski definition) is 0. The summed E-state index contributed by atoms with van der Waals surface area (Å²) in [4.78, 5) is 10.1. The van der Waals surface area contributed by atoms with E-state index in [0.29, 0.717) is 0 Å². The number of rotatable bonds is 3. The molecule has 0 radical (unpaired) electrons. The fourth-order valence-corrected chi connectivity index (χ4v) is 4.92. The number of nitrogens with zero attached hydrogens (tertiary/aromatic N) is 2. The molecule has 0 aliphatic rings. The van der Waals surface area contributed by atoms with Gasteiger partial charge >= 0.3 is 21.1 Å². The summed E-state index contributed by atoms with van der Waals surface area (Å²) in [6, 6.07) is 42.1. The van der Waals surface area contributed by atoms with Crippen molar-refractivity contribution in [3.63, 3.8) is 0 Å². The van der Waals surface area contributed by atoms with Gasteiger partial charge in [0, 0.05) is 11.4 Å². The average Bonchev–Trinajstić information content (AvgIpc) is 2.91. The maximum atomic E-state index is 5.06. The van der Waals surface area contributed by atoms with Gasteiger partial charge in [0.1, 0.15) is 0 Å². The molecule has 0 unspecified atom stereocenters. The van der Waals surface area contributed by atoms with E-state index in [1.165, 1.54) is 10.9 Å². The first-order chi connectivity index (χ1) is 17.5. The van der Waals surface area contributed by atoms with Gasteiger partial charge in [0.05, 0.1) is 11.4 Å². The van der Waals surface area contributed by atoms with Crippen molar-refractivity contribution in [3.05, 3.63) is 121 Å². The third-order valence-electron chi connectivity index (χ3n) is 6.65. The standard InChI is InChI=1S/C34H26N2.Pt/c1-34(2,3)29-18-8-14-25-26(29)15-7-17-28(25)31-20-10-22-33(36-31)32-21-9-19-30(35-32)27-16-6-12-23-11-4-5-13-24(23)27;/h4-12,15-22H,1-3H3;/q-2;+2. The summed E-state index contributed by atoms with van der Waals surface area (Å²) < 4.78 is 0. The molecule has 0 saturated carbocycles. The molecule has 0 fully saturated rings. The SMILES string of the molecule is CC(C)(C)c1cc[c-]c2c(-c3cccc(-c4cccc(-c5cccc6ccc[c-]c56)n4)n3)cccc12.[Pt+2]. The van der Waals surface area contributed by atoms with Gasteiger partial charge in [0.2, 0.25) is 0 Å². The Labute approximate surface area is 232 Å². The topological polar surface area (TPSA) is 25.8 Å². The Balaban J connectivity index is 0.00000280. The van der Waals surface area contributed by atoms with Crippen LogP contribution in [0.1, 0.15) is 26.3 Å². The Morgan fingerprint density at radius 1 is 0.541 bits per heavy atom. The number of pyridine rings is 2. The van der Waals surface area contributed by atoms with Crippen molar-refractivity contribution in [2.24, 2.45) is 0 Å². The van der Waals surface area contributed by atoms with Gasteiger partial charge in [-0.1, -0.05) is 80.4 Å². The van der Waals surface area contributed by atoms with Crippen LogP contribution in [-0.2, 0) is 26.5 Å². The van der Waals surface area contributed by atoms with Crippen molar-refractivity contribution < 1.29 is 21.1 Å².